The van der Waals surface area contributed by atoms with Crippen LogP contribution in [-0.4, -0.2) is 130 Å². The molecule has 20 heteroatoms. The van der Waals surface area contributed by atoms with Gasteiger partial charge < -0.3 is 63.8 Å². The summed E-state index contributed by atoms with van der Waals surface area (Å²) >= 11 is 0. The van der Waals surface area contributed by atoms with E-state index in [1.807, 2.05) is 0 Å². The van der Waals surface area contributed by atoms with Gasteiger partial charge in [-0.2, -0.15) is 0 Å². The number of halogens is 1. The Kier molecular flexibility index (Phi) is 15.4. The number of fused-ring (bicyclic) bond motifs is 15. The first kappa shape index (κ1) is 55.9. The molecule has 5 heterocycles. The number of nitrogens with zero attached hydrogens (tertiary/aromatic N) is 3. The monoisotopic (exact) mass is 1070 g/mol. The van der Waals surface area contributed by atoms with E-state index >= 15 is 14.0 Å². The van der Waals surface area contributed by atoms with Crippen LogP contribution < -0.4 is 25.1 Å². The number of ketones is 3. The van der Waals surface area contributed by atoms with Gasteiger partial charge in [0, 0.05) is 94.2 Å². The number of rotatable bonds is 8. The van der Waals surface area contributed by atoms with E-state index in [0.29, 0.717) is 5.52 Å². The Labute approximate surface area is 444 Å². The predicted octanol–water partition coefficient (Wildman–Crippen LogP) is 6.49. The Hall–Kier alpha value is -7.29. The number of aliphatic hydroxyl groups excluding tert-OH is 3. The summed E-state index contributed by atoms with van der Waals surface area (Å²) in [6.07, 6.45) is 6.27. The number of amides is 1. The van der Waals surface area contributed by atoms with Gasteiger partial charge in [-0.05, 0) is 45.3 Å². The molecule has 77 heavy (non-hydrogen) atoms. The third-order valence-electron chi connectivity index (χ3n) is 16.0. The number of Topliss-reactive ketones (excluding diaryl/α,β-unsaturated/α-hetero) is 3. The second-order valence-corrected chi connectivity index (χ2v) is 21.1. The van der Waals surface area contributed by atoms with Crippen molar-refractivity contribution in [1.29, 1.82) is 0 Å². The fourth-order valence-corrected chi connectivity index (χ4v) is 11.2. The summed E-state index contributed by atoms with van der Waals surface area (Å²) in [5.41, 5.74) is -2.68. The summed E-state index contributed by atoms with van der Waals surface area (Å²) in [6.45, 7) is 15.9. The van der Waals surface area contributed by atoms with Crippen molar-refractivity contribution in [3.8, 4) is 17.2 Å². The fraction of sp³-hybridized carbons (Fsp3) is 0.474. The molecular weight excluding hydrogens is 1000 g/mol. The number of anilines is 1. The van der Waals surface area contributed by atoms with Gasteiger partial charge >= 0.3 is 11.8 Å². The van der Waals surface area contributed by atoms with Crippen molar-refractivity contribution in [2.24, 2.45) is 23.7 Å². The van der Waals surface area contributed by atoms with Crippen LogP contribution in [0.4, 0.5) is 10.1 Å². The predicted molar refractivity (Wildman–Crippen MR) is 281 cm³/mol. The number of benzene rings is 2. The van der Waals surface area contributed by atoms with Crippen molar-refractivity contribution in [3.05, 3.63) is 110 Å². The number of allylic oxidation sites excluding steroid dienone is 4. The van der Waals surface area contributed by atoms with E-state index in [1.54, 1.807) is 43.2 Å². The minimum atomic E-state index is -2.20. The molecule has 412 valence electrons. The third-order valence-corrected chi connectivity index (χ3v) is 16.0. The number of carbonyl (C=O) groups excluding carboxylic acids is 5. The molecule has 1 saturated carbocycles. The molecule has 2 aromatic carbocycles. The summed E-state index contributed by atoms with van der Waals surface area (Å²) in [6, 6.07) is 0.349. The highest BCUT2D eigenvalue weighted by molar-refractivity contribution is 6.32. The van der Waals surface area contributed by atoms with E-state index in [1.165, 1.54) is 78.3 Å². The molecule has 5 N–H and O–H groups in total. The molecule has 1 saturated heterocycles. The first-order chi connectivity index (χ1) is 36.3. The number of carbonyl (C=O) groups is 5. The van der Waals surface area contributed by atoms with Gasteiger partial charge in [0.2, 0.25) is 17.0 Å². The molecule has 3 aromatic rings. The van der Waals surface area contributed by atoms with Crippen LogP contribution in [0.15, 0.2) is 71.2 Å². The Morgan fingerprint density at radius 2 is 1.65 bits per heavy atom. The molecule has 19 nitrogen and oxygen atoms in total. The molecule has 9 rings (SSSR count). The van der Waals surface area contributed by atoms with E-state index in [4.69, 9.17) is 23.7 Å². The normalized spacial score (nSPS) is 29.6. The van der Waals surface area contributed by atoms with Crippen LogP contribution in [0.3, 0.4) is 0 Å². The average molecular weight is 1070 g/mol. The number of aromatic nitrogens is 1. The van der Waals surface area contributed by atoms with Crippen LogP contribution in [0.5, 0.6) is 17.2 Å². The number of esters is 1. The van der Waals surface area contributed by atoms with Crippen LogP contribution in [0.25, 0.3) is 16.7 Å². The summed E-state index contributed by atoms with van der Waals surface area (Å²) in [4.78, 5) is 89.0. The lowest BCUT2D eigenvalue weighted by Gasteiger charge is -2.38. The number of hydrogen-bond acceptors (Lipinski definition) is 17. The number of pyridine rings is 1. The molecule has 1 aromatic heterocycles. The lowest BCUT2D eigenvalue weighted by molar-refractivity contribution is -0.160. The number of methoxy groups -OCH3 is 2. The van der Waals surface area contributed by atoms with Gasteiger partial charge in [0.25, 0.3) is 11.7 Å². The zero-order valence-corrected chi connectivity index (χ0v) is 45.1. The summed E-state index contributed by atoms with van der Waals surface area (Å²) in [5.74, 6) is -11.4. The molecule has 6 aliphatic rings. The Morgan fingerprint density at radius 3 is 2.27 bits per heavy atom. The van der Waals surface area contributed by atoms with Gasteiger partial charge in [-0.3, -0.25) is 28.8 Å². The van der Waals surface area contributed by atoms with Crippen molar-refractivity contribution in [1.82, 2.24) is 14.8 Å². The average Bonchev–Trinajstić information content (AvgIpc) is 4.12. The molecular formula is C57H67FN4O15. The smallest absolute Gasteiger partial charge is 0.312 e. The van der Waals surface area contributed by atoms with E-state index in [9.17, 15) is 39.6 Å². The van der Waals surface area contributed by atoms with Gasteiger partial charge in [0.05, 0.1) is 64.8 Å². The number of ether oxygens (including phenoxy) is 5. The van der Waals surface area contributed by atoms with Gasteiger partial charge in [-0.1, -0.05) is 52.5 Å². The fourth-order valence-electron chi connectivity index (χ4n) is 11.2. The molecule has 10 atom stereocenters. The van der Waals surface area contributed by atoms with E-state index in [0.717, 1.165) is 25.2 Å². The summed E-state index contributed by atoms with van der Waals surface area (Å²) in [5, 5.41) is 47.9. The van der Waals surface area contributed by atoms with E-state index in [-0.39, 0.29) is 76.1 Å². The van der Waals surface area contributed by atoms with Crippen LogP contribution in [0, 0.1) is 36.4 Å². The number of aromatic hydroxyl groups is 1. The maximum Gasteiger partial charge on any atom is 0.312 e. The lowest BCUT2D eigenvalue weighted by Crippen LogP contribution is -2.46. The summed E-state index contributed by atoms with van der Waals surface area (Å²) < 4.78 is 48.1. The van der Waals surface area contributed by atoms with Crippen molar-refractivity contribution in [2.45, 2.75) is 117 Å². The molecule has 4 aliphatic heterocycles. The first-order valence-corrected chi connectivity index (χ1v) is 25.6. The molecule has 5 bridgehead atoms. The lowest BCUT2D eigenvalue weighted by atomic mass is 9.78. The van der Waals surface area contributed by atoms with Crippen molar-refractivity contribution < 1.29 is 72.5 Å². The van der Waals surface area contributed by atoms with Gasteiger partial charge in [0.1, 0.15) is 40.4 Å². The SMILES string of the molecule is C=C(O)c1cn(C2CC2)c2c(OC)c(N3CCC(N(C)C4=C5NC(=O)/C(C)=C\C=C\[C@H](C)[C@H](O)[C@@H](C)[C@@H](O)[C@@H](C)[C@H](OC(C)=O)[C@H](C)[C@@H](OC)/C=C/O[C@@]6(C)Oc7c(C)c(O)c(c(c7C6=O)C4=O)C5=O)C3)c(F)cc2c1=O. The second-order valence-electron chi connectivity index (χ2n) is 21.1. The summed E-state index contributed by atoms with van der Waals surface area (Å²) in [7, 11) is 4.28. The number of phenolic OH excluding ortho intramolecular Hbond substituents is 1. The minimum Gasteiger partial charge on any atom is -0.508 e. The minimum absolute atomic E-state index is 0.0100. The molecule has 0 spiro atoms. The Morgan fingerprint density at radius 1 is 0.961 bits per heavy atom. The van der Waals surface area contributed by atoms with Crippen LogP contribution in [0.2, 0.25) is 0 Å². The van der Waals surface area contributed by atoms with Crippen LogP contribution in [-0.2, 0) is 23.8 Å². The van der Waals surface area contributed by atoms with Gasteiger partial charge in [-0.25, -0.2) is 4.39 Å². The van der Waals surface area contributed by atoms with E-state index < -0.39 is 129 Å². The molecule has 1 unspecified atom stereocenters. The molecule has 1 amide bonds. The van der Waals surface area contributed by atoms with Gasteiger partial charge in [-0.15, -0.1) is 0 Å². The number of aliphatic hydroxyl groups is 3. The molecule has 2 aliphatic carbocycles. The molecule has 2 fully saturated rings. The van der Waals surface area contributed by atoms with Gasteiger partial charge in [0.15, 0.2) is 11.6 Å². The largest absolute Gasteiger partial charge is 0.508 e. The topological polar surface area (TPSA) is 253 Å². The number of likely N-dealkylation sites (N-methyl/N-ethyl adjacent to an activating group) is 1. The Balaban J connectivity index is 1.23. The van der Waals surface area contributed by atoms with Crippen molar-refractivity contribution in [2.75, 3.05) is 39.3 Å². The second kappa shape index (κ2) is 21.3. The third kappa shape index (κ3) is 9.79. The van der Waals surface area contributed by atoms with Crippen molar-refractivity contribution in [3.63, 3.8) is 0 Å². The highest BCUT2D eigenvalue weighted by Crippen LogP contribution is 2.50. The standard InChI is InChI=1S/C57H67FN4O15/c1-25-14-13-15-26(2)56(72)59-42-45(60(10)34-18-20-61(23-34)44-37(58)22-35-43(54(44)74-12)62(33-16-17-33)24-36(31(7)63)49(35)68)51(70)39-40(50(42)69)48(67)30(6)53-41(39)55(71)57(9,77-53)75-21-19-38(73-11)27(3)52(76-32(8)64)29(5)47(66)28(4)46(25)65/h13-15,19,21-22,24-25,27-29,33-34,38,46-47,52,63,65-67H,7,16-18,20,23H2,1-6,8-12H3,(H,59,72)/b14-13+,21-19+,26-15-/t25-,27+,28+,29+,34?,38-,46-,47+,52+,57-/m0/s1. The maximum absolute atomic E-state index is 16.6. The number of nitrogens with one attached hydrogen (secondary N) is 1. The van der Waals surface area contributed by atoms with Crippen LogP contribution in [0.1, 0.15) is 116 Å². The number of hydrogen-bond donors (Lipinski definition) is 5. The van der Waals surface area contributed by atoms with Crippen molar-refractivity contribution >= 4 is 51.6 Å². The highest BCUT2D eigenvalue weighted by atomic mass is 19.1. The number of phenols is 1. The van der Waals surface area contributed by atoms with E-state index in [2.05, 4.69) is 11.9 Å². The maximum atomic E-state index is 16.6. The zero-order chi connectivity index (χ0) is 56.4. The highest BCUT2D eigenvalue weighted by Gasteiger charge is 2.53. The first-order valence-electron chi connectivity index (χ1n) is 25.6. The Bertz CT molecular complexity index is 3190. The van der Waals surface area contributed by atoms with Crippen LogP contribution >= 0.6 is 0 Å². The zero-order valence-electron chi connectivity index (χ0n) is 45.1. The molecule has 0 radical (unpaired) electrons. The quantitative estimate of drug-likeness (QED) is 0.119.